The fourth-order valence-electron chi connectivity index (χ4n) is 2.39. The van der Waals surface area contributed by atoms with Crippen LogP contribution >= 0.6 is 23.4 Å². The van der Waals surface area contributed by atoms with Crippen LogP contribution in [0.15, 0.2) is 34.5 Å². The van der Waals surface area contributed by atoms with E-state index in [4.69, 9.17) is 11.6 Å². The lowest BCUT2D eigenvalue weighted by Crippen LogP contribution is -2.25. The Bertz CT molecular complexity index is 934. The molecule has 3 rings (SSSR count). The summed E-state index contributed by atoms with van der Waals surface area (Å²) in [5.74, 6) is 1.76. The molecule has 1 aromatic carbocycles. The molecule has 0 saturated carbocycles. The lowest BCUT2D eigenvalue weighted by molar-refractivity contribution is 0.475. The molecule has 0 spiro atoms. The fourth-order valence-corrected chi connectivity index (χ4v) is 3.56. The largest absolute Gasteiger partial charge is 0.287 e. The number of halogens is 1. The molecule has 8 heteroatoms. The van der Waals surface area contributed by atoms with Crippen LogP contribution in [0.3, 0.4) is 0 Å². The van der Waals surface area contributed by atoms with E-state index >= 15 is 0 Å². The molecule has 0 aliphatic carbocycles. The number of nitrogens with zero attached hydrogens (tertiary/aromatic N) is 5. The van der Waals surface area contributed by atoms with Crippen molar-refractivity contribution >= 4 is 34.3 Å². The second-order valence-corrected chi connectivity index (χ2v) is 7.33. The Morgan fingerprint density at radius 3 is 2.79 bits per heavy atom. The van der Waals surface area contributed by atoms with Crippen LogP contribution in [0, 0.1) is 5.92 Å². The molecule has 0 radical (unpaired) electrons. The third-order valence-electron chi connectivity index (χ3n) is 3.56. The smallest absolute Gasteiger partial charge is 0.262 e. The van der Waals surface area contributed by atoms with Gasteiger partial charge < -0.3 is 0 Å². The number of rotatable bonds is 5. The van der Waals surface area contributed by atoms with Gasteiger partial charge in [-0.1, -0.05) is 37.2 Å². The van der Waals surface area contributed by atoms with Crippen LogP contribution < -0.4 is 5.56 Å². The number of aromatic nitrogens is 5. The van der Waals surface area contributed by atoms with Crippen molar-refractivity contribution in [2.24, 2.45) is 13.0 Å². The molecule has 0 saturated heterocycles. The minimum Gasteiger partial charge on any atom is -0.287 e. The van der Waals surface area contributed by atoms with Crippen molar-refractivity contribution in [1.82, 2.24) is 24.3 Å². The van der Waals surface area contributed by atoms with Crippen molar-refractivity contribution < 1.29 is 0 Å². The van der Waals surface area contributed by atoms with Crippen LogP contribution in [0.1, 0.15) is 19.7 Å². The van der Waals surface area contributed by atoms with Gasteiger partial charge in [-0.25, -0.2) is 9.97 Å². The second-order valence-electron chi connectivity index (χ2n) is 5.95. The molecule has 0 amide bonds. The fraction of sp³-hybridized carbons (Fsp3) is 0.375. The van der Waals surface area contributed by atoms with Gasteiger partial charge >= 0.3 is 0 Å². The van der Waals surface area contributed by atoms with E-state index in [0.29, 0.717) is 39.3 Å². The number of hydrogen-bond donors (Lipinski definition) is 0. The van der Waals surface area contributed by atoms with Crippen molar-refractivity contribution in [2.75, 3.05) is 0 Å². The maximum Gasteiger partial charge on any atom is 0.262 e. The zero-order valence-electron chi connectivity index (χ0n) is 13.7. The lowest BCUT2D eigenvalue weighted by atomic mass is 10.2. The normalized spacial score (nSPS) is 11.5. The summed E-state index contributed by atoms with van der Waals surface area (Å²) in [5, 5.41) is 5.84. The molecule has 24 heavy (non-hydrogen) atoms. The Kier molecular flexibility index (Phi) is 4.91. The lowest BCUT2D eigenvalue weighted by Gasteiger charge is -2.14. The van der Waals surface area contributed by atoms with Gasteiger partial charge in [0.25, 0.3) is 5.56 Å². The molecular weight excluding hydrogens is 346 g/mol. The highest BCUT2D eigenvalue weighted by Gasteiger charge is 2.14. The molecule has 3 aromatic rings. The average molecular weight is 364 g/mol. The first-order chi connectivity index (χ1) is 11.5. The molecule has 0 aliphatic rings. The van der Waals surface area contributed by atoms with Gasteiger partial charge in [-0.05, 0) is 24.1 Å². The Morgan fingerprint density at radius 1 is 1.33 bits per heavy atom. The summed E-state index contributed by atoms with van der Waals surface area (Å²) in [6, 6.07) is 5.21. The minimum absolute atomic E-state index is 0.0586. The summed E-state index contributed by atoms with van der Waals surface area (Å²) in [4.78, 5) is 21.8. The number of thioether (sulfide) groups is 1. The van der Waals surface area contributed by atoms with Gasteiger partial charge in [0.2, 0.25) is 0 Å². The second kappa shape index (κ2) is 6.94. The average Bonchev–Trinajstić information content (AvgIpc) is 2.94. The first-order valence-electron chi connectivity index (χ1n) is 7.61. The molecular formula is C16H18ClN5OS. The zero-order valence-corrected chi connectivity index (χ0v) is 15.3. The van der Waals surface area contributed by atoms with Crippen molar-refractivity contribution in [3.63, 3.8) is 0 Å². The van der Waals surface area contributed by atoms with Crippen LogP contribution in [0.5, 0.6) is 0 Å². The van der Waals surface area contributed by atoms with E-state index in [2.05, 4.69) is 28.9 Å². The molecule has 126 valence electrons. The van der Waals surface area contributed by atoms with E-state index in [9.17, 15) is 4.79 Å². The predicted molar refractivity (Wildman–Crippen MR) is 96.4 cm³/mol. The van der Waals surface area contributed by atoms with Gasteiger partial charge in [-0.3, -0.25) is 14.0 Å². The van der Waals surface area contributed by atoms with Gasteiger partial charge in [-0.2, -0.15) is 5.10 Å². The topological polar surface area (TPSA) is 65.6 Å². The number of benzene rings is 1. The highest BCUT2D eigenvalue weighted by Crippen LogP contribution is 2.23. The van der Waals surface area contributed by atoms with Gasteiger partial charge in [0.15, 0.2) is 5.16 Å². The standard InChI is InChI=1S/C16H18ClN5OS/c1-10(2)7-22-15(23)12-6-11(17)4-5-13(12)20-16(22)24-8-14-18-9-19-21(14)3/h4-6,9-10H,7-8H2,1-3H3. The number of aryl methyl sites for hydroxylation is 1. The summed E-state index contributed by atoms with van der Waals surface area (Å²) in [7, 11) is 1.85. The number of fused-ring (bicyclic) bond motifs is 1. The third kappa shape index (κ3) is 3.47. The van der Waals surface area contributed by atoms with Gasteiger partial charge in [0.05, 0.1) is 16.7 Å². The quantitative estimate of drug-likeness (QED) is 0.514. The Labute approximate surface area is 148 Å². The molecule has 0 N–H and O–H groups in total. The summed E-state index contributed by atoms with van der Waals surface area (Å²) in [6.45, 7) is 4.76. The van der Waals surface area contributed by atoms with Crippen molar-refractivity contribution in [1.29, 1.82) is 0 Å². The highest BCUT2D eigenvalue weighted by molar-refractivity contribution is 7.98. The SMILES string of the molecule is CC(C)Cn1c(SCc2ncnn2C)nc2ccc(Cl)cc2c1=O. The van der Waals surface area contributed by atoms with Crippen molar-refractivity contribution in [3.05, 3.63) is 45.7 Å². The molecule has 0 unspecified atom stereocenters. The number of hydrogen-bond acceptors (Lipinski definition) is 5. The van der Waals surface area contributed by atoms with Crippen molar-refractivity contribution in [2.45, 2.75) is 31.3 Å². The summed E-state index contributed by atoms with van der Waals surface area (Å²) in [6.07, 6.45) is 1.52. The molecule has 6 nitrogen and oxygen atoms in total. The Morgan fingerprint density at radius 2 is 2.12 bits per heavy atom. The van der Waals surface area contributed by atoms with E-state index in [0.717, 1.165) is 5.82 Å². The van der Waals surface area contributed by atoms with Crippen LogP contribution in [-0.2, 0) is 19.3 Å². The van der Waals surface area contributed by atoms with Crippen LogP contribution in [-0.4, -0.2) is 24.3 Å². The predicted octanol–water partition coefficient (Wildman–Crippen LogP) is 3.13. The molecule has 0 fully saturated rings. The maximum absolute atomic E-state index is 12.9. The van der Waals surface area contributed by atoms with Crippen molar-refractivity contribution in [3.8, 4) is 0 Å². The monoisotopic (exact) mass is 363 g/mol. The summed E-state index contributed by atoms with van der Waals surface area (Å²) in [5.41, 5.74) is 0.599. The Balaban J connectivity index is 2.05. The third-order valence-corrected chi connectivity index (χ3v) is 4.77. The maximum atomic E-state index is 12.9. The minimum atomic E-state index is -0.0586. The molecule has 0 atom stereocenters. The molecule has 0 aliphatic heterocycles. The van der Waals surface area contributed by atoms with E-state index < -0.39 is 0 Å². The van der Waals surface area contributed by atoms with Gasteiger partial charge in [-0.15, -0.1) is 0 Å². The van der Waals surface area contributed by atoms with E-state index in [-0.39, 0.29) is 5.56 Å². The van der Waals surface area contributed by atoms with Crippen LogP contribution in [0.25, 0.3) is 10.9 Å². The van der Waals surface area contributed by atoms with Crippen LogP contribution in [0.2, 0.25) is 5.02 Å². The molecule has 2 aromatic heterocycles. The highest BCUT2D eigenvalue weighted by atomic mass is 35.5. The Hall–Kier alpha value is -1.86. The first-order valence-corrected chi connectivity index (χ1v) is 8.98. The molecule has 0 bridgehead atoms. The summed E-state index contributed by atoms with van der Waals surface area (Å²) < 4.78 is 3.45. The van der Waals surface area contributed by atoms with Gasteiger partial charge in [0, 0.05) is 18.6 Å². The first kappa shape index (κ1) is 17.0. The van der Waals surface area contributed by atoms with Gasteiger partial charge in [0.1, 0.15) is 12.2 Å². The van der Waals surface area contributed by atoms with Crippen LogP contribution in [0.4, 0.5) is 0 Å². The molecule has 2 heterocycles. The van der Waals surface area contributed by atoms with E-state index in [1.54, 1.807) is 27.4 Å². The van der Waals surface area contributed by atoms with E-state index in [1.165, 1.54) is 18.1 Å². The zero-order chi connectivity index (χ0) is 17.3. The summed E-state index contributed by atoms with van der Waals surface area (Å²) >= 11 is 7.53. The van der Waals surface area contributed by atoms with E-state index in [1.807, 2.05) is 7.05 Å².